The quantitative estimate of drug-likeness (QED) is 0.0261. The van der Waals surface area contributed by atoms with Crippen LogP contribution in [-0.2, 0) is 28.6 Å². The molecule has 0 spiro atoms. The van der Waals surface area contributed by atoms with E-state index in [4.69, 9.17) is 14.2 Å². The Morgan fingerprint density at radius 2 is 0.478 bits per heavy atom. The number of esters is 3. The van der Waals surface area contributed by atoms with Gasteiger partial charge in [-0.3, -0.25) is 14.4 Å². The molecule has 0 saturated heterocycles. The molecule has 0 heterocycles. The van der Waals surface area contributed by atoms with Gasteiger partial charge in [0.1, 0.15) is 13.2 Å². The molecule has 0 aromatic heterocycles. The summed E-state index contributed by atoms with van der Waals surface area (Å²) in [5, 5.41) is 0. The van der Waals surface area contributed by atoms with Gasteiger partial charge in [0.15, 0.2) is 6.10 Å². The molecule has 0 aliphatic carbocycles. The van der Waals surface area contributed by atoms with E-state index in [2.05, 4.69) is 32.9 Å². The normalized spacial score (nSPS) is 12.0. The molecule has 0 aliphatic heterocycles. The van der Waals surface area contributed by atoms with Crippen molar-refractivity contribution >= 4 is 17.9 Å². The van der Waals surface area contributed by atoms with Crippen LogP contribution in [0.5, 0.6) is 0 Å². The van der Waals surface area contributed by atoms with Gasteiger partial charge in [0.25, 0.3) is 0 Å². The summed E-state index contributed by atoms with van der Waals surface area (Å²) in [6.07, 6.45) is 67.8. The molecule has 0 unspecified atom stereocenters. The van der Waals surface area contributed by atoms with Crippen LogP contribution >= 0.6 is 0 Å². The van der Waals surface area contributed by atoms with Gasteiger partial charge in [-0.25, -0.2) is 0 Å². The maximum absolute atomic E-state index is 12.9. The predicted octanol–water partition coefficient (Wildman–Crippen LogP) is 20.9. The molecule has 0 rings (SSSR count). The van der Waals surface area contributed by atoms with Crippen molar-refractivity contribution in [3.8, 4) is 0 Å². The van der Waals surface area contributed by atoms with E-state index in [1.807, 2.05) is 0 Å². The van der Waals surface area contributed by atoms with Crippen molar-refractivity contribution in [2.75, 3.05) is 13.2 Å². The van der Waals surface area contributed by atoms with Crippen molar-refractivity contribution < 1.29 is 28.6 Å². The zero-order valence-corrected chi connectivity index (χ0v) is 46.9. The highest BCUT2D eigenvalue weighted by atomic mass is 16.6. The molecular weight excluding hydrogens is 853 g/mol. The van der Waals surface area contributed by atoms with Crippen molar-refractivity contribution in [1.29, 1.82) is 0 Å². The first-order valence-corrected chi connectivity index (χ1v) is 31.2. The first-order valence-electron chi connectivity index (χ1n) is 31.2. The Morgan fingerprint density at radius 3 is 0.725 bits per heavy atom. The summed E-state index contributed by atoms with van der Waals surface area (Å²) in [5.41, 5.74) is 0. The molecule has 0 bridgehead atoms. The highest BCUT2D eigenvalue weighted by molar-refractivity contribution is 5.71. The van der Waals surface area contributed by atoms with Crippen LogP contribution in [0.15, 0.2) is 12.2 Å². The molecule has 0 N–H and O–H groups in total. The smallest absolute Gasteiger partial charge is 0.306 e. The molecule has 0 aromatic carbocycles. The zero-order valence-electron chi connectivity index (χ0n) is 46.9. The van der Waals surface area contributed by atoms with E-state index in [0.717, 1.165) is 57.8 Å². The van der Waals surface area contributed by atoms with Crippen LogP contribution in [0.1, 0.15) is 355 Å². The summed E-state index contributed by atoms with van der Waals surface area (Å²) in [5.74, 6) is -0.841. The second-order valence-electron chi connectivity index (χ2n) is 21.3. The van der Waals surface area contributed by atoms with Crippen LogP contribution in [0.3, 0.4) is 0 Å². The molecular formula is C63H120O6. The summed E-state index contributed by atoms with van der Waals surface area (Å²) in [6.45, 7) is 6.71. The van der Waals surface area contributed by atoms with E-state index in [9.17, 15) is 14.4 Å². The highest BCUT2D eigenvalue weighted by Crippen LogP contribution is 2.18. The van der Waals surface area contributed by atoms with Gasteiger partial charge in [0, 0.05) is 19.3 Å². The van der Waals surface area contributed by atoms with E-state index >= 15 is 0 Å². The first-order chi connectivity index (χ1) is 34.0. The largest absolute Gasteiger partial charge is 0.462 e. The molecule has 69 heavy (non-hydrogen) atoms. The van der Waals surface area contributed by atoms with Crippen LogP contribution < -0.4 is 0 Å². The molecule has 6 nitrogen and oxygen atoms in total. The Balaban J connectivity index is 4.28. The van der Waals surface area contributed by atoms with Crippen LogP contribution in [0.2, 0.25) is 0 Å². The van der Waals surface area contributed by atoms with Crippen molar-refractivity contribution in [3.05, 3.63) is 12.2 Å². The Hall–Kier alpha value is -1.85. The molecule has 6 heteroatoms. The molecule has 0 saturated carbocycles. The maximum Gasteiger partial charge on any atom is 0.306 e. The minimum atomic E-state index is -0.766. The number of allylic oxidation sites excluding steroid dienone is 2. The maximum atomic E-state index is 12.9. The van der Waals surface area contributed by atoms with Gasteiger partial charge in [-0.15, -0.1) is 0 Å². The molecule has 0 radical (unpaired) electrons. The summed E-state index contributed by atoms with van der Waals surface area (Å²) in [7, 11) is 0. The SMILES string of the molecule is CCCCCCCCCC/C=C\CCCCCCCCCC(=O)OC[C@@H](COC(=O)CCCCCCCCCCCCCCC)OC(=O)CCCCCCCCCCCCCCCCCCCCC. The lowest BCUT2D eigenvalue weighted by Gasteiger charge is -2.18. The molecule has 1 atom stereocenters. The summed E-state index contributed by atoms with van der Waals surface area (Å²) in [6, 6.07) is 0. The second-order valence-corrected chi connectivity index (χ2v) is 21.3. The molecule has 0 amide bonds. The third-order valence-corrected chi connectivity index (χ3v) is 14.3. The van der Waals surface area contributed by atoms with Crippen LogP contribution in [0.4, 0.5) is 0 Å². The van der Waals surface area contributed by atoms with Crippen LogP contribution in [0.25, 0.3) is 0 Å². The van der Waals surface area contributed by atoms with E-state index in [0.29, 0.717) is 19.3 Å². The van der Waals surface area contributed by atoms with Crippen LogP contribution in [0, 0.1) is 0 Å². The van der Waals surface area contributed by atoms with Gasteiger partial charge < -0.3 is 14.2 Å². The van der Waals surface area contributed by atoms with Gasteiger partial charge in [-0.2, -0.15) is 0 Å². The van der Waals surface area contributed by atoms with Crippen LogP contribution in [-0.4, -0.2) is 37.2 Å². The van der Waals surface area contributed by atoms with Gasteiger partial charge in [0.05, 0.1) is 0 Å². The van der Waals surface area contributed by atoms with Gasteiger partial charge in [-0.1, -0.05) is 303 Å². The number of rotatable bonds is 58. The summed E-state index contributed by atoms with van der Waals surface area (Å²) in [4.78, 5) is 38.2. The molecule has 0 fully saturated rings. The summed E-state index contributed by atoms with van der Waals surface area (Å²) < 4.78 is 16.9. The van der Waals surface area contributed by atoms with Crippen molar-refractivity contribution in [1.82, 2.24) is 0 Å². The highest BCUT2D eigenvalue weighted by Gasteiger charge is 2.19. The number of hydrogen-bond acceptors (Lipinski definition) is 6. The fraction of sp³-hybridized carbons (Fsp3) is 0.921. The van der Waals surface area contributed by atoms with Crippen molar-refractivity contribution in [2.45, 2.75) is 361 Å². The van der Waals surface area contributed by atoms with Gasteiger partial charge in [-0.05, 0) is 44.9 Å². The first kappa shape index (κ1) is 67.1. The Labute approximate surface area is 431 Å². The zero-order chi connectivity index (χ0) is 50.0. The third-order valence-electron chi connectivity index (χ3n) is 14.3. The number of carbonyl (C=O) groups is 3. The predicted molar refractivity (Wildman–Crippen MR) is 298 cm³/mol. The van der Waals surface area contributed by atoms with E-state index < -0.39 is 6.10 Å². The Morgan fingerprint density at radius 1 is 0.275 bits per heavy atom. The number of carbonyl (C=O) groups excluding carboxylic acids is 3. The average molecular weight is 974 g/mol. The Bertz CT molecular complexity index is 1070. The topological polar surface area (TPSA) is 78.9 Å². The number of ether oxygens (including phenoxy) is 3. The standard InChI is InChI=1S/C63H120O6/c1-4-7-10-13-16-19-22-25-27-29-31-33-35-38-41-44-47-50-53-56-62(65)68-59-60(58-67-61(64)55-52-49-46-43-40-37-24-21-18-15-12-9-6-3)69-63(66)57-54-51-48-45-42-39-36-34-32-30-28-26-23-20-17-14-11-8-5-2/h29,31,60H,4-28,30,32-59H2,1-3H3/b31-29-/t60-/m1/s1. The Kier molecular flexibility index (Phi) is 57.1. The monoisotopic (exact) mass is 973 g/mol. The summed E-state index contributed by atoms with van der Waals surface area (Å²) >= 11 is 0. The molecule has 0 aromatic rings. The molecule has 408 valence electrons. The fourth-order valence-corrected chi connectivity index (χ4v) is 9.56. The fourth-order valence-electron chi connectivity index (χ4n) is 9.56. The number of unbranched alkanes of at least 4 members (excludes halogenated alkanes) is 45. The number of hydrogen-bond donors (Lipinski definition) is 0. The van der Waals surface area contributed by atoms with Gasteiger partial charge >= 0.3 is 17.9 Å². The van der Waals surface area contributed by atoms with E-state index in [1.165, 1.54) is 257 Å². The van der Waals surface area contributed by atoms with Crippen molar-refractivity contribution in [3.63, 3.8) is 0 Å². The van der Waals surface area contributed by atoms with E-state index in [1.54, 1.807) is 0 Å². The third kappa shape index (κ3) is 56.9. The van der Waals surface area contributed by atoms with Crippen molar-refractivity contribution in [2.24, 2.45) is 0 Å². The lowest BCUT2D eigenvalue weighted by atomic mass is 10.0. The second kappa shape index (κ2) is 58.7. The minimum Gasteiger partial charge on any atom is -0.462 e. The average Bonchev–Trinajstić information content (AvgIpc) is 3.35. The molecule has 0 aliphatic rings. The minimum absolute atomic E-state index is 0.0649. The van der Waals surface area contributed by atoms with Gasteiger partial charge in [0.2, 0.25) is 0 Å². The lowest BCUT2D eigenvalue weighted by Crippen LogP contribution is -2.30. The van der Waals surface area contributed by atoms with E-state index in [-0.39, 0.29) is 31.1 Å². The lowest BCUT2D eigenvalue weighted by molar-refractivity contribution is -0.167.